The molecule has 2 aliphatic rings. The highest BCUT2D eigenvalue weighted by Gasteiger charge is 2.36. The first-order valence-corrected chi connectivity index (χ1v) is 11.2. The predicted octanol–water partition coefficient (Wildman–Crippen LogP) is 1.73. The fraction of sp³-hybridized carbons (Fsp3) is 0.591. The predicted molar refractivity (Wildman–Crippen MR) is 120 cm³/mol. The van der Waals surface area contributed by atoms with Crippen LogP contribution in [0.15, 0.2) is 23.3 Å². The van der Waals surface area contributed by atoms with Crippen LogP contribution >= 0.6 is 0 Å². The Hall–Kier alpha value is -3.01. The van der Waals surface area contributed by atoms with Crippen molar-refractivity contribution in [2.75, 3.05) is 32.0 Å². The van der Waals surface area contributed by atoms with Crippen LogP contribution < -0.4 is 16.4 Å². The molecule has 2 atom stereocenters. The quantitative estimate of drug-likeness (QED) is 0.430. The minimum Gasteiger partial charge on any atom is -0.386 e. The lowest BCUT2D eigenvalue weighted by Gasteiger charge is -2.27. The number of carbonyl (C=O) groups excluding carboxylic acids is 3. The number of nitrogens with one attached hydrogen (secondary N) is 3. The molecule has 174 valence electrons. The number of amides is 3. The van der Waals surface area contributed by atoms with Gasteiger partial charge in [0.15, 0.2) is 0 Å². The third-order valence-electron chi connectivity index (χ3n) is 6.20. The number of rotatable bonds is 9. The van der Waals surface area contributed by atoms with Crippen LogP contribution in [0.5, 0.6) is 0 Å². The van der Waals surface area contributed by atoms with Gasteiger partial charge in [-0.2, -0.15) is 5.11 Å². The molecule has 2 aliphatic heterocycles. The Labute approximate surface area is 188 Å². The van der Waals surface area contributed by atoms with Crippen molar-refractivity contribution in [1.29, 1.82) is 5.53 Å². The number of anilines is 1. The molecule has 1 unspecified atom stereocenters. The zero-order chi connectivity index (χ0) is 23.1. The van der Waals surface area contributed by atoms with E-state index in [0.717, 1.165) is 43.6 Å². The summed E-state index contributed by atoms with van der Waals surface area (Å²) in [5.74, 6) is -0.451. The Morgan fingerprint density at radius 1 is 1.22 bits per heavy atom. The van der Waals surface area contributed by atoms with Gasteiger partial charge < -0.3 is 26.2 Å². The van der Waals surface area contributed by atoms with Gasteiger partial charge in [-0.1, -0.05) is 6.07 Å². The molecule has 2 saturated heterocycles. The first kappa shape index (κ1) is 23.6. The van der Waals surface area contributed by atoms with Crippen molar-refractivity contribution in [1.82, 2.24) is 15.1 Å². The van der Waals surface area contributed by atoms with Crippen LogP contribution in [0.2, 0.25) is 0 Å². The van der Waals surface area contributed by atoms with E-state index in [1.807, 2.05) is 17.0 Å². The van der Waals surface area contributed by atoms with Crippen molar-refractivity contribution in [3.8, 4) is 0 Å². The van der Waals surface area contributed by atoms with Gasteiger partial charge in [0.1, 0.15) is 11.7 Å². The molecular formula is C22H33N7O3. The van der Waals surface area contributed by atoms with Crippen LogP contribution in [0.4, 0.5) is 11.4 Å². The second-order valence-corrected chi connectivity index (χ2v) is 8.35. The Kier molecular flexibility index (Phi) is 8.15. The largest absolute Gasteiger partial charge is 0.386 e. The summed E-state index contributed by atoms with van der Waals surface area (Å²) in [5.41, 5.74) is 15.4. The van der Waals surface area contributed by atoms with E-state index >= 15 is 0 Å². The molecule has 32 heavy (non-hydrogen) atoms. The Morgan fingerprint density at radius 2 is 1.97 bits per heavy atom. The monoisotopic (exact) mass is 443 g/mol. The van der Waals surface area contributed by atoms with E-state index in [4.69, 9.17) is 11.3 Å². The van der Waals surface area contributed by atoms with E-state index < -0.39 is 12.1 Å². The van der Waals surface area contributed by atoms with Crippen molar-refractivity contribution in [3.05, 3.63) is 23.8 Å². The van der Waals surface area contributed by atoms with Gasteiger partial charge in [0.2, 0.25) is 17.7 Å². The number of benzene rings is 1. The second kappa shape index (κ2) is 11.0. The maximum atomic E-state index is 12.9. The topological polar surface area (TPSA) is 144 Å². The van der Waals surface area contributed by atoms with Gasteiger partial charge in [-0.3, -0.25) is 14.4 Å². The number of nitrogens with zero attached hydrogens (tertiary/aromatic N) is 3. The number of nitrogens with two attached hydrogens (primary N) is 1. The summed E-state index contributed by atoms with van der Waals surface area (Å²) in [4.78, 5) is 41.3. The van der Waals surface area contributed by atoms with Gasteiger partial charge in [0.05, 0.1) is 11.7 Å². The molecule has 0 bridgehead atoms. The summed E-state index contributed by atoms with van der Waals surface area (Å²) >= 11 is 0. The lowest BCUT2D eigenvalue weighted by Crippen LogP contribution is -2.51. The lowest BCUT2D eigenvalue weighted by molar-refractivity contribution is -0.140. The molecule has 2 fully saturated rings. The van der Waals surface area contributed by atoms with Gasteiger partial charge in [0.25, 0.3) is 0 Å². The smallest absolute Gasteiger partial charge is 0.243 e. The SMILES string of the molecule is CNc1ccc(CNC(=O)C2CCCN2C(=O)[C@H](N)CCC(=O)N2CCCC2)cc1N=N. The van der Waals surface area contributed by atoms with Gasteiger partial charge in [-0.25, -0.2) is 5.53 Å². The van der Waals surface area contributed by atoms with E-state index in [1.165, 1.54) is 0 Å². The molecule has 0 radical (unpaired) electrons. The van der Waals surface area contributed by atoms with E-state index in [0.29, 0.717) is 18.7 Å². The molecule has 1 aromatic rings. The molecule has 0 aliphatic carbocycles. The van der Waals surface area contributed by atoms with Crippen molar-refractivity contribution < 1.29 is 14.4 Å². The van der Waals surface area contributed by atoms with Gasteiger partial charge in [-0.15, -0.1) is 0 Å². The Morgan fingerprint density at radius 3 is 2.66 bits per heavy atom. The molecule has 0 saturated carbocycles. The number of carbonyl (C=O) groups is 3. The molecule has 3 amide bonds. The average Bonchev–Trinajstić information content (AvgIpc) is 3.52. The molecule has 0 aromatic heterocycles. The molecule has 5 N–H and O–H groups in total. The highest BCUT2D eigenvalue weighted by atomic mass is 16.2. The summed E-state index contributed by atoms with van der Waals surface area (Å²) in [5, 5.41) is 9.34. The minimum absolute atomic E-state index is 0.0459. The fourth-order valence-electron chi connectivity index (χ4n) is 4.34. The normalized spacial score (nSPS) is 19.0. The third-order valence-corrected chi connectivity index (χ3v) is 6.20. The first-order chi connectivity index (χ1) is 15.4. The maximum absolute atomic E-state index is 12.9. The van der Waals surface area contributed by atoms with Gasteiger partial charge in [0, 0.05) is 39.6 Å². The number of hydrogen-bond acceptors (Lipinski definition) is 7. The van der Waals surface area contributed by atoms with Crippen LogP contribution in [-0.4, -0.2) is 66.3 Å². The summed E-state index contributed by atoms with van der Waals surface area (Å²) in [6, 6.07) is 4.06. The lowest BCUT2D eigenvalue weighted by atomic mass is 10.1. The molecule has 1 aromatic carbocycles. The first-order valence-electron chi connectivity index (χ1n) is 11.2. The van der Waals surface area contributed by atoms with Crippen LogP contribution in [-0.2, 0) is 20.9 Å². The van der Waals surface area contributed by atoms with E-state index in [2.05, 4.69) is 15.7 Å². The summed E-state index contributed by atoms with van der Waals surface area (Å²) in [7, 11) is 1.75. The Balaban J connectivity index is 1.52. The van der Waals surface area contributed by atoms with E-state index in [1.54, 1.807) is 18.0 Å². The van der Waals surface area contributed by atoms with Crippen molar-refractivity contribution in [2.24, 2.45) is 10.8 Å². The average molecular weight is 444 g/mol. The molecular weight excluding hydrogens is 410 g/mol. The molecule has 10 heteroatoms. The molecule has 10 nitrogen and oxygen atoms in total. The van der Waals surface area contributed by atoms with Crippen LogP contribution in [0.3, 0.4) is 0 Å². The van der Waals surface area contributed by atoms with Gasteiger partial charge >= 0.3 is 0 Å². The maximum Gasteiger partial charge on any atom is 0.243 e. The van der Waals surface area contributed by atoms with Crippen LogP contribution in [0, 0.1) is 5.53 Å². The van der Waals surface area contributed by atoms with Gasteiger partial charge in [-0.05, 0) is 49.8 Å². The second-order valence-electron chi connectivity index (χ2n) is 8.35. The third kappa shape index (κ3) is 5.61. The molecule has 2 heterocycles. The Bertz CT molecular complexity index is 854. The number of hydrogen-bond donors (Lipinski definition) is 4. The molecule has 0 spiro atoms. The van der Waals surface area contributed by atoms with Crippen LogP contribution in [0.25, 0.3) is 0 Å². The van der Waals surface area contributed by atoms with Crippen molar-refractivity contribution in [3.63, 3.8) is 0 Å². The minimum atomic E-state index is -0.787. The zero-order valence-corrected chi connectivity index (χ0v) is 18.6. The summed E-state index contributed by atoms with van der Waals surface area (Å²) in [6.07, 6.45) is 3.92. The van der Waals surface area contributed by atoms with E-state index in [9.17, 15) is 14.4 Å². The van der Waals surface area contributed by atoms with Crippen molar-refractivity contribution >= 4 is 29.1 Å². The highest BCUT2D eigenvalue weighted by molar-refractivity contribution is 5.90. The molecule has 3 rings (SSSR count). The number of likely N-dealkylation sites (tertiary alicyclic amines) is 2. The highest BCUT2D eigenvalue weighted by Crippen LogP contribution is 2.26. The standard InChI is InChI=1S/C22H33N7O3/c1-25-17-8-6-15(13-18(17)27-24)14-26-21(31)19-5-4-12-29(19)22(32)16(23)7-9-20(30)28-10-2-3-11-28/h6,8,13,16,19,24-25H,2-5,7,9-12,14,23H2,1H3,(H,26,31)/t16-,19?/m1/s1. The van der Waals surface area contributed by atoms with Crippen molar-refractivity contribution in [2.45, 2.75) is 57.2 Å². The van der Waals surface area contributed by atoms with Crippen LogP contribution in [0.1, 0.15) is 44.1 Å². The van der Waals surface area contributed by atoms with E-state index in [-0.39, 0.29) is 37.1 Å². The fourth-order valence-corrected chi connectivity index (χ4v) is 4.34. The summed E-state index contributed by atoms with van der Waals surface area (Å²) in [6.45, 7) is 2.33. The zero-order valence-electron chi connectivity index (χ0n) is 18.6. The summed E-state index contributed by atoms with van der Waals surface area (Å²) < 4.78 is 0.